The van der Waals surface area contributed by atoms with Crippen LogP contribution in [0.3, 0.4) is 0 Å². The van der Waals surface area contributed by atoms with Crippen LogP contribution < -0.4 is 10.1 Å². The molecule has 114 valence electrons. The molecule has 1 N–H and O–H groups in total. The Morgan fingerprint density at radius 3 is 2.52 bits per heavy atom. The van der Waals surface area contributed by atoms with Crippen molar-refractivity contribution in [2.45, 2.75) is 39.8 Å². The molecule has 2 rings (SSSR count). The normalized spacial score (nSPS) is 12.7. The smallest absolute Gasteiger partial charge is 0.125 e. The van der Waals surface area contributed by atoms with Crippen LogP contribution in [-0.2, 0) is 0 Å². The lowest BCUT2D eigenvalue weighted by Crippen LogP contribution is -2.29. The maximum Gasteiger partial charge on any atom is 0.125 e. The maximum atomic E-state index is 6.44. The van der Waals surface area contributed by atoms with Crippen molar-refractivity contribution in [3.8, 4) is 5.75 Å². The Morgan fingerprint density at radius 2 is 2.00 bits per heavy atom. The minimum absolute atomic E-state index is 0.0638. The number of aryl methyl sites for hydroxylation is 2. The first-order valence-electron chi connectivity index (χ1n) is 6.96. The van der Waals surface area contributed by atoms with Crippen molar-refractivity contribution in [3.63, 3.8) is 0 Å². The van der Waals surface area contributed by atoms with Crippen molar-refractivity contribution in [1.82, 2.24) is 10.3 Å². The molecule has 5 heteroatoms. The molecule has 2 aromatic rings. The largest absolute Gasteiger partial charge is 0.496 e. The summed E-state index contributed by atoms with van der Waals surface area (Å²) in [5.74, 6) is 0.783. The Kier molecular flexibility index (Phi) is 5.25. The number of methoxy groups -OCH3 is 1. The lowest BCUT2D eigenvalue weighted by molar-refractivity contribution is 0.401. The Labute approximate surface area is 135 Å². The van der Waals surface area contributed by atoms with Gasteiger partial charge in [-0.3, -0.25) is 0 Å². The van der Waals surface area contributed by atoms with Crippen LogP contribution in [0.5, 0.6) is 5.75 Å². The first-order chi connectivity index (χ1) is 9.93. The van der Waals surface area contributed by atoms with Gasteiger partial charge in [0.1, 0.15) is 10.8 Å². The van der Waals surface area contributed by atoms with Gasteiger partial charge in [0, 0.05) is 21.5 Å². The van der Waals surface area contributed by atoms with Gasteiger partial charge in [0.25, 0.3) is 0 Å². The number of hydrogen-bond acceptors (Lipinski definition) is 4. The number of nitrogens with zero attached hydrogens (tertiary/aromatic N) is 1. The molecule has 1 unspecified atom stereocenters. The van der Waals surface area contributed by atoms with E-state index in [-0.39, 0.29) is 6.04 Å². The average molecular weight is 325 g/mol. The molecule has 0 amide bonds. The molecule has 21 heavy (non-hydrogen) atoms. The van der Waals surface area contributed by atoms with Crippen LogP contribution in [-0.4, -0.2) is 18.1 Å². The highest BCUT2D eigenvalue weighted by Crippen LogP contribution is 2.37. The van der Waals surface area contributed by atoms with Gasteiger partial charge in [-0.25, -0.2) is 4.98 Å². The Hall–Kier alpha value is -1.10. The zero-order valence-electron chi connectivity index (χ0n) is 13.0. The third-order valence-electron chi connectivity index (χ3n) is 3.31. The molecule has 1 heterocycles. The van der Waals surface area contributed by atoms with E-state index in [1.54, 1.807) is 18.4 Å². The molecule has 1 aromatic carbocycles. The highest BCUT2D eigenvalue weighted by molar-refractivity contribution is 7.11. The number of thiazole rings is 1. The molecule has 0 spiro atoms. The van der Waals surface area contributed by atoms with Crippen molar-refractivity contribution in [2.75, 3.05) is 7.11 Å². The predicted octanol–water partition coefficient (Wildman–Crippen LogP) is 4.51. The summed E-state index contributed by atoms with van der Waals surface area (Å²) in [4.78, 5) is 5.93. The quantitative estimate of drug-likeness (QED) is 0.878. The van der Waals surface area contributed by atoms with E-state index in [1.807, 2.05) is 25.1 Å². The summed E-state index contributed by atoms with van der Waals surface area (Å²) in [6.07, 6.45) is 0. The monoisotopic (exact) mass is 324 g/mol. The van der Waals surface area contributed by atoms with Crippen molar-refractivity contribution < 1.29 is 4.74 Å². The third kappa shape index (κ3) is 3.57. The number of rotatable bonds is 5. The van der Waals surface area contributed by atoms with Gasteiger partial charge >= 0.3 is 0 Å². The summed E-state index contributed by atoms with van der Waals surface area (Å²) in [7, 11) is 1.67. The Morgan fingerprint density at radius 1 is 1.29 bits per heavy atom. The van der Waals surface area contributed by atoms with E-state index >= 15 is 0 Å². The van der Waals surface area contributed by atoms with Gasteiger partial charge in [0.05, 0.1) is 18.8 Å². The molecule has 0 saturated carbocycles. The number of hydrogen-bond donors (Lipinski definition) is 1. The number of halogens is 1. The minimum atomic E-state index is -0.0638. The van der Waals surface area contributed by atoms with Gasteiger partial charge in [-0.1, -0.05) is 17.7 Å². The summed E-state index contributed by atoms with van der Waals surface area (Å²) in [5.41, 5.74) is 2.01. The van der Waals surface area contributed by atoms with Gasteiger partial charge in [0.15, 0.2) is 0 Å². The summed E-state index contributed by atoms with van der Waals surface area (Å²) in [5, 5.41) is 5.26. The van der Waals surface area contributed by atoms with Crippen LogP contribution in [0.25, 0.3) is 0 Å². The fourth-order valence-electron chi connectivity index (χ4n) is 2.21. The third-order valence-corrected chi connectivity index (χ3v) is 4.78. The predicted molar refractivity (Wildman–Crippen MR) is 89.7 cm³/mol. The van der Waals surface area contributed by atoms with E-state index in [2.05, 4.69) is 26.1 Å². The lowest BCUT2D eigenvalue weighted by Gasteiger charge is -2.22. The van der Waals surface area contributed by atoms with Gasteiger partial charge in [-0.15, -0.1) is 11.3 Å². The van der Waals surface area contributed by atoms with E-state index < -0.39 is 0 Å². The molecule has 3 nitrogen and oxygen atoms in total. The molecule has 0 aliphatic heterocycles. The van der Waals surface area contributed by atoms with Crippen molar-refractivity contribution in [2.24, 2.45) is 0 Å². The fourth-order valence-corrected chi connectivity index (χ4v) is 3.48. The van der Waals surface area contributed by atoms with Crippen molar-refractivity contribution in [1.29, 1.82) is 0 Å². The summed E-state index contributed by atoms with van der Waals surface area (Å²) in [6.45, 7) is 8.35. The van der Waals surface area contributed by atoms with Crippen LogP contribution in [0.4, 0.5) is 0 Å². The fraction of sp³-hybridized carbons (Fsp3) is 0.438. The second-order valence-corrected chi connectivity index (χ2v) is 6.95. The molecular formula is C16H21ClN2OS. The number of nitrogens with one attached hydrogen (secondary N) is 1. The topological polar surface area (TPSA) is 34.1 Å². The van der Waals surface area contributed by atoms with Gasteiger partial charge < -0.3 is 10.1 Å². The van der Waals surface area contributed by atoms with Crippen LogP contribution in [0.1, 0.15) is 41.0 Å². The molecule has 0 bridgehead atoms. The first-order valence-corrected chi connectivity index (χ1v) is 8.15. The van der Waals surface area contributed by atoms with Gasteiger partial charge in [-0.2, -0.15) is 0 Å². The van der Waals surface area contributed by atoms with Gasteiger partial charge in [-0.05, 0) is 39.8 Å². The maximum absolute atomic E-state index is 6.44. The number of benzene rings is 1. The van der Waals surface area contributed by atoms with Crippen molar-refractivity contribution in [3.05, 3.63) is 44.4 Å². The van der Waals surface area contributed by atoms with E-state index in [0.717, 1.165) is 22.0 Å². The van der Waals surface area contributed by atoms with Crippen LogP contribution in [0.2, 0.25) is 5.02 Å². The van der Waals surface area contributed by atoms with E-state index in [4.69, 9.17) is 21.3 Å². The molecule has 1 aromatic heterocycles. The van der Waals surface area contributed by atoms with E-state index in [0.29, 0.717) is 11.1 Å². The molecule has 0 radical (unpaired) electrons. The molecule has 0 saturated heterocycles. The van der Waals surface area contributed by atoms with E-state index in [1.165, 1.54) is 4.88 Å². The zero-order chi connectivity index (χ0) is 15.6. The average Bonchev–Trinajstić information content (AvgIpc) is 2.76. The second kappa shape index (κ2) is 6.77. The minimum Gasteiger partial charge on any atom is -0.496 e. The number of aromatic nitrogens is 1. The Bertz CT molecular complexity index is 605. The molecule has 1 atom stereocenters. The summed E-state index contributed by atoms with van der Waals surface area (Å²) >= 11 is 8.14. The highest BCUT2D eigenvalue weighted by atomic mass is 35.5. The standard InChI is InChI=1S/C16H21ClN2OS/c1-9(2)18-15(16-19-10(3)11(4)21-16)14-12(17)7-6-8-13(14)20-5/h6-9,15,18H,1-5H3. The SMILES string of the molecule is COc1cccc(Cl)c1C(NC(C)C)c1nc(C)c(C)s1. The zero-order valence-corrected chi connectivity index (χ0v) is 14.6. The summed E-state index contributed by atoms with van der Waals surface area (Å²) in [6, 6.07) is 5.97. The molecule has 0 aliphatic carbocycles. The van der Waals surface area contributed by atoms with Crippen LogP contribution in [0.15, 0.2) is 18.2 Å². The van der Waals surface area contributed by atoms with Crippen molar-refractivity contribution >= 4 is 22.9 Å². The molecule has 0 fully saturated rings. The highest BCUT2D eigenvalue weighted by Gasteiger charge is 2.25. The Balaban J connectivity index is 2.55. The summed E-state index contributed by atoms with van der Waals surface area (Å²) < 4.78 is 5.50. The lowest BCUT2D eigenvalue weighted by atomic mass is 10.0. The number of ether oxygens (including phenoxy) is 1. The van der Waals surface area contributed by atoms with E-state index in [9.17, 15) is 0 Å². The first kappa shape index (κ1) is 16.3. The second-order valence-electron chi connectivity index (χ2n) is 5.30. The van der Waals surface area contributed by atoms with Crippen LogP contribution in [0, 0.1) is 13.8 Å². The molecule has 0 aliphatic rings. The van der Waals surface area contributed by atoms with Gasteiger partial charge in [0.2, 0.25) is 0 Å². The molecular weight excluding hydrogens is 304 g/mol. The van der Waals surface area contributed by atoms with Crippen LogP contribution >= 0.6 is 22.9 Å².